The summed E-state index contributed by atoms with van der Waals surface area (Å²) in [4.78, 5) is 2.81. The summed E-state index contributed by atoms with van der Waals surface area (Å²) >= 11 is 0. The Morgan fingerprint density at radius 3 is 2.44 bits per heavy atom. The molecule has 0 unspecified atom stereocenters. The van der Waals surface area contributed by atoms with E-state index in [9.17, 15) is 0 Å². The molecular formula is C23H35NSi. The Morgan fingerprint density at radius 2 is 1.80 bits per heavy atom. The highest BCUT2D eigenvalue weighted by Crippen LogP contribution is 2.45. The van der Waals surface area contributed by atoms with Gasteiger partial charge in [0, 0.05) is 24.5 Å². The fourth-order valence-corrected chi connectivity index (χ4v) is 6.45. The van der Waals surface area contributed by atoms with Crippen molar-refractivity contribution >= 4 is 8.07 Å². The maximum Gasteiger partial charge on any atom is 0.0687 e. The molecule has 4 atom stereocenters. The lowest BCUT2D eigenvalue weighted by Gasteiger charge is -2.51. The van der Waals surface area contributed by atoms with Crippen LogP contribution in [-0.4, -0.2) is 25.6 Å². The van der Waals surface area contributed by atoms with Gasteiger partial charge in [0.2, 0.25) is 0 Å². The standard InChI is InChI=1S/C23H35NSi/c1-6-21-20(17-25(3,4)5)16-24(23-15-11-10-14-22(21)23)18(2)19-12-8-7-9-13-19/h6-9,12-13,17-18,21-23H,1,10-11,14-16H2,2-5H3/b20-17+/t18-,21+,22-,23-/m1/s1. The van der Waals surface area contributed by atoms with Gasteiger partial charge in [0.1, 0.15) is 0 Å². The lowest BCUT2D eigenvalue weighted by atomic mass is 9.69. The molecule has 0 N–H and O–H groups in total. The second-order valence-corrected chi connectivity index (χ2v) is 14.1. The van der Waals surface area contributed by atoms with Gasteiger partial charge in [0.15, 0.2) is 0 Å². The molecule has 1 aromatic rings. The van der Waals surface area contributed by atoms with Crippen LogP contribution in [0.2, 0.25) is 19.6 Å². The maximum atomic E-state index is 4.24. The van der Waals surface area contributed by atoms with Crippen LogP contribution in [-0.2, 0) is 0 Å². The summed E-state index contributed by atoms with van der Waals surface area (Å²) in [6, 6.07) is 12.3. The van der Waals surface area contributed by atoms with E-state index < -0.39 is 8.07 Å². The number of allylic oxidation sites excluding steroid dienone is 1. The smallest absolute Gasteiger partial charge is 0.0687 e. The van der Waals surface area contributed by atoms with E-state index in [1.807, 2.05) is 0 Å². The fourth-order valence-electron chi connectivity index (χ4n) is 5.05. The molecule has 2 aliphatic rings. The summed E-state index contributed by atoms with van der Waals surface area (Å²) in [6.45, 7) is 15.1. The SMILES string of the molecule is C=C[C@H]1/C(=C/[Si](C)(C)C)CN([C@H](C)c2ccccc2)[C@@H]2CCCC[C@@H]21. The average molecular weight is 354 g/mol. The van der Waals surface area contributed by atoms with Crippen molar-refractivity contribution in [3.05, 3.63) is 59.8 Å². The molecule has 3 rings (SSSR count). The Hall–Kier alpha value is -1.12. The van der Waals surface area contributed by atoms with E-state index in [0.29, 0.717) is 18.0 Å². The van der Waals surface area contributed by atoms with Crippen LogP contribution in [0.1, 0.15) is 44.2 Å². The molecular weight excluding hydrogens is 318 g/mol. The predicted molar refractivity (Wildman–Crippen MR) is 112 cm³/mol. The van der Waals surface area contributed by atoms with Gasteiger partial charge in [-0.2, -0.15) is 0 Å². The van der Waals surface area contributed by atoms with Crippen molar-refractivity contribution < 1.29 is 0 Å². The summed E-state index contributed by atoms with van der Waals surface area (Å²) in [6.07, 6.45) is 7.75. The molecule has 0 spiro atoms. The molecule has 25 heavy (non-hydrogen) atoms. The minimum Gasteiger partial charge on any atom is -0.289 e. The van der Waals surface area contributed by atoms with Crippen molar-refractivity contribution in [3.63, 3.8) is 0 Å². The van der Waals surface area contributed by atoms with E-state index in [4.69, 9.17) is 0 Å². The molecule has 1 heterocycles. The summed E-state index contributed by atoms with van der Waals surface area (Å²) in [7, 11) is -1.24. The summed E-state index contributed by atoms with van der Waals surface area (Å²) in [5.74, 6) is 1.35. The van der Waals surface area contributed by atoms with Crippen molar-refractivity contribution in [1.29, 1.82) is 0 Å². The van der Waals surface area contributed by atoms with Gasteiger partial charge in [0.05, 0.1) is 8.07 Å². The van der Waals surface area contributed by atoms with Gasteiger partial charge in [-0.3, -0.25) is 4.90 Å². The number of piperidine rings is 1. The number of fused-ring (bicyclic) bond motifs is 1. The second-order valence-electron chi connectivity index (χ2n) is 9.12. The number of nitrogens with zero attached hydrogens (tertiary/aromatic N) is 1. The third kappa shape index (κ3) is 4.17. The summed E-state index contributed by atoms with van der Waals surface area (Å²) < 4.78 is 0. The quantitative estimate of drug-likeness (QED) is 0.458. The fraction of sp³-hybridized carbons (Fsp3) is 0.565. The molecule has 0 aromatic heterocycles. The van der Waals surface area contributed by atoms with Gasteiger partial charge in [-0.25, -0.2) is 0 Å². The highest BCUT2D eigenvalue weighted by atomic mass is 28.3. The molecule has 0 bridgehead atoms. The number of rotatable bonds is 4. The van der Waals surface area contributed by atoms with E-state index >= 15 is 0 Å². The first-order chi connectivity index (χ1) is 11.9. The van der Waals surface area contributed by atoms with E-state index in [1.54, 1.807) is 5.57 Å². The summed E-state index contributed by atoms with van der Waals surface area (Å²) in [5, 5.41) is 0. The number of hydrogen-bond acceptors (Lipinski definition) is 1. The van der Waals surface area contributed by atoms with Crippen molar-refractivity contribution in [2.75, 3.05) is 6.54 Å². The topological polar surface area (TPSA) is 3.24 Å². The van der Waals surface area contributed by atoms with E-state index in [0.717, 1.165) is 12.5 Å². The van der Waals surface area contributed by atoms with Crippen molar-refractivity contribution in [2.45, 2.75) is 64.3 Å². The highest BCUT2D eigenvalue weighted by molar-refractivity contribution is 6.81. The Balaban J connectivity index is 1.96. The zero-order valence-electron chi connectivity index (χ0n) is 16.5. The van der Waals surface area contributed by atoms with Crippen molar-refractivity contribution in [3.8, 4) is 0 Å². The van der Waals surface area contributed by atoms with E-state index in [-0.39, 0.29) is 0 Å². The molecule has 1 aromatic carbocycles. The first kappa shape index (κ1) is 18.7. The number of benzene rings is 1. The molecule has 1 saturated heterocycles. The average Bonchev–Trinajstić information content (AvgIpc) is 2.60. The molecule has 0 radical (unpaired) electrons. The van der Waals surface area contributed by atoms with Gasteiger partial charge < -0.3 is 0 Å². The van der Waals surface area contributed by atoms with Gasteiger partial charge in [-0.05, 0) is 31.2 Å². The van der Waals surface area contributed by atoms with Crippen molar-refractivity contribution in [2.24, 2.45) is 11.8 Å². The molecule has 2 fully saturated rings. The Bertz CT molecular complexity index is 613. The second kappa shape index (κ2) is 7.63. The Kier molecular flexibility index (Phi) is 5.70. The van der Waals surface area contributed by atoms with E-state index in [2.05, 4.69) is 80.2 Å². The number of hydrogen-bond donors (Lipinski definition) is 0. The van der Waals surface area contributed by atoms with Crippen LogP contribution in [0.15, 0.2) is 54.3 Å². The van der Waals surface area contributed by atoms with Crippen molar-refractivity contribution in [1.82, 2.24) is 4.90 Å². The minimum atomic E-state index is -1.24. The highest BCUT2D eigenvalue weighted by Gasteiger charge is 2.42. The van der Waals surface area contributed by atoms with Crippen LogP contribution in [0.5, 0.6) is 0 Å². The molecule has 0 amide bonds. The van der Waals surface area contributed by atoms with Gasteiger partial charge in [0.25, 0.3) is 0 Å². The molecule has 1 aliphatic carbocycles. The van der Waals surface area contributed by atoms with Crippen LogP contribution in [0, 0.1) is 11.8 Å². The lowest BCUT2D eigenvalue weighted by molar-refractivity contribution is 0.0365. The third-order valence-electron chi connectivity index (χ3n) is 6.11. The predicted octanol–water partition coefficient (Wildman–Crippen LogP) is 6.23. The molecule has 2 heteroatoms. The van der Waals surface area contributed by atoms with Gasteiger partial charge in [-0.15, -0.1) is 6.58 Å². The Morgan fingerprint density at radius 1 is 1.12 bits per heavy atom. The zero-order valence-corrected chi connectivity index (χ0v) is 17.5. The molecule has 1 nitrogen and oxygen atoms in total. The summed E-state index contributed by atoms with van der Waals surface area (Å²) in [5.41, 5.74) is 5.77. The first-order valence-corrected chi connectivity index (χ1v) is 13.6. The van der Waals surface area contributed by atoms with E-state index in [1.165, 1.54) is 31.2 Å². The van der Waals surface area contributed by atoms with Crippen LogP contribution in [0.3, 0.4) is 0 Å². The number of likely N-dealkylation sites (tertiary alicyclic amines) is 1. The molecule has 136 valence electrons. The lowest BCUT2D eigenvalue weighted by Crippen LogP contribution is -2.52. The Labute approximate surface area is 155 Å². The minimum absolute atomic E-state index is 0.489. The van der Waals surface area contributed by atoms with Crippen LogP contribution in [0.25, 0.3) is 0 Å². The molecule has 1 aliphatic heterocycles. The van der Waals surface area contributed by atoms with Gasteiger partial charge in [-0.1, -0.05) is 80.2 Å². The zero-order chi connectivity index (χ0) is 18.0. The molecule has 1 saturated carbocycles. The largest absolute Gasteiger partial charge is 0.289 e. The van der Waals surface area contributed by atoms with Gasteiger partial charge >= 0.3 is 0 Å². The van der Waals surface area contributed by atoms with Crippen LogP contribution < -0.4 is 0 Å². The van der Waals surface area contributed by atoms with Crippen LogP contribution in [0.4, 0.5) is 0 Å². The first-order valence-electron chi connectivity index (χ1n) is 10.1. The monoisotopic (exact) mass is 353 g/mol. The van der Waals surface area contributed by atoms with Crippen LogP contribution >= 0.6 is 0 Å². The third-order valence-corrected chi connectivity index (χ3v) is 7.35. The normalized spacial score (nSPS) is 30.7. The maximum absolute atomic E-state index is 4.24.